The smallest absolute Gasteiger partial charge is 0.475 e. The van der Waals surface area contributed by atoms with Crippen LogP contribution >= 0.6 is 0 Å². The van der Waals surface area contributed by atoms with E-state index in [9.17, 15) is 18.0 Å². The zero-order valence-electron chi connectivity index (χ0n) is 21.0. The summed E-state index contributed by atoms with van der Waals surface area (Å²) >= 11 is 0. The van der Waals surface area contributed by atoms with Crippen LogP contribution in [0.15, 0.2) is 72.8 Å². The highest BCUT2D eigenvalue weighted by atomic mass is 19.4. The van der Waals surface area contributed by atoms with E-state index in [0.29, 0.717) is 5.56 Å². The summed E-state index contributed by atoms with van der Waals surface area (Å²) in [5.41, 5.74) is 4.59. The van der Waals surface area contributed by atoms with Crippen molar-refractivity contribution < 1.29 is 33.1 Å². The quantitative estimate of drug-likeness (QED) is 0.206. The van der Waals surface area contributed by atoms with E-state index in [1.54, 1.807) is 17.6 Å². The maximum absolute atomic E-state index is 11.8. The number of piperidine rings is 1. The minimum atomic E-state index is -5.08. The van der Waals surface area contributed by atoms with Crippen LogP contribution in [0.1, 0.15) is 46.9 Å². The summed E-state index contributed by atoms with van der Waals surface area (Å²) in [4.78, 5) is 31.6. The number of likely N-dealkylation sites (tertiary alicyclic amines) is 1. The molecule has 0 spiro atoms. The molecule has 206 valence electrons. The number of carboxylic acid groups (broad SMARTS) is 1. The molecule has 39 heavy (non-hydrogen) atoms. The van der Waals surface area contributed by atoms with Crippen LogP contribution < -0.4 is 5.48 Å². The Morgan fingerprint density at radius 2 is 1.69 bits per heavy atom. The van der Waals surface area contributed by atoms with Crippen molar-refractivity contribution in [3.8, 4) is 0 Å². The molecule has 1 saturated heterocycles. The van der Waals surface area contributed by atoms with Crippen LogP contribution in [0.2, 0.25) is 0 Å². The molecule has 0 atom stereocenters. The highest BCUT2D eigenvalue weighted by molar-refractivity contribution is 5.96. The number of hydrogen-bond acceptors (Lipinski definition) is 5. The van der Waals surface area contributed by atoms with Crippen LogP contribution in [-0.4, -0.2) is 62.9 Å². The van der Waals surface area contributed by atoms with Crippen LogP contribution in [-0.2, 0) is 10.2 Å². The van der Waals surface area contributed by atoms with Crippen LogP contribution in [0.25, 0.3) is 11.0 Å². The summed E-state index contributed by atoms with van der Waals surface area (Å²) in [6, 6.07) is 15.7. The molecule has 0 bridgehead atoms. The number of hydrogen-bond donors (Lipinski definition) is 4. The number of aromatic nitrogens is 2. The lowest BCUT2D eigenvalue weighted by molar-refractivity contribution is -0.192. The van der Waals surface area contributed by atoms with Gasteiger partial charge in [-0.25, -0.2) is 15.3 Å². The van der Waals surface area contributed by atoms with Crippen molar-refractivity contribution >= 4 is 22.9 Å². The minimum absolute atomic E-state index is 0.245. The molecule has 4 N–H and O–H groups in total. The van der Waals surface area contributed by atoms with E-state index >= 15 is 0 Å². The van der Waals surface area contributed by atoms with E-state index in [1.165, 1.54) is 24.8 Å². The lowest BCUT2D eigenvalue weighted by Gasteiger charge is -2.36. The van der Waals surface area contributed by atoms with Crippen molar-refractivity contribution in [2.45, 2.75) is 36.8 Å². The number of fused-ring (bicyclic) bond motifs is 1. The van der Waals surface area contributed by atoms with Crippen molar-refractivity contribution in [3.63, 3.8) is 0 Å². The Bertz CT molecular complexity index is 1350. The average molecular weight is 543 g/mol. The number of imidazole rings is 1. The van der Waals surface area contributed by atoms with Crippen LogP contribution in [0.4, 0.5) is 13.2 Å². The number of amides is 1. The second kappa shape index (κ2) is 11.8. The van der Waals surface area contributed by atoms with Gasteiger partial charge in [-0.2, -0.15) is 13.2 Å². The Morgan fingerprint density at radius 3 is 2.28 bits per heavy atom. The fraction of sp³-hybridized carbons (Fsp3) is 0.321. The first-order valence-corrected chi connectivity index (χ1v) is 12.5. The summed E-state index contributed by atoms with van der Waals surface area (Å²) in [7, 11) is 0. The molecule has 0 radical (unpaired) electrons. The van der Waals surface area contributed by atoms with Crippen molar-refractivity contribution in [1.29, 1.82) is 0 Å². The first kappa shape index (κ1) is 28.1. The minimum Gasteiger partial charge on any atom is -0.475 e. The van der Waals surface area contributed by atoms with Crippen LogP contribution in [0.5, 0.6) is 0 Å². The summed E-state index contributed by atoms with van der Waals surface area (Å²) in [5, 5.41) is 16.1. The number of nitrogens with zero attached hydrogens (tertiary/aromatic N) is 2. The summed E-state index contributed by atoms with van der Waals surface area (Å²) in [6.45, 7) is 3.07. The first-order valence-electron chi connectivity index (χ1n) is 12.5. The SMILES string of the molecule is O=C(NO)c1ccc2nc(C3(CN4CCCCC4)C=CC(c4ccccc4)C=C3)[nH]c2c1.O=C(O)C(F)(F)F. The molecule has 0 unspecified atom stereocenters. The van der Waals surface area contributed by atoms with E-state index in [2.05, 4.69) is 58.5 Å². The number of alkyl halides is 3. The standard InChI is InChI=1S/C26H28N4O2.C2HF3O2/c31-24(29-32)21-9-10-22-23(17-21)28-25(27-22)26(18-30-15-5-2-6-16-30)13-11-20(12-14-26)19-7-3-1-4-8-19;3-2(4,5)1(6)7/h1,3-4,7-14,17,20,32H,2,5-6,15-16,18H2,(H,27,28)(H,29,31);(H,6,7). The number of nitrogens with one attached hydrogen (secondary N) is 2. The highest BCUT2D eigenvalue weighted by Crippen LogP contribution is 2.36. The van der Waals surface area contributed by atoms with Gasteiger partial charge < -0.3 is 15.0 Å². The number of halogens is 3. The van der Waals surface area contributed by atoms with Crippen molar-refractivity contribution in [2.24, 2.45) is 0 Å². The molecule has 2 aliphatic rings. The number of carbonyl (C=O) groups is 2. The predicted molar refractivity (Wildman–Crippen MR) is 138 cm³/mol. The van der Waals surface area contributed by atoms with Gasteiger partial charge in [-0.3, -0.25) is 10.0 Å². The fourth-order valence-electron chi connectivity index (χ4n) is 4.83. The lowest BCUT2D eigenvalue weighted by Crippen LogP contribution is -2.42. The van der Waals surface area contributed by atoms with Crippen molar-refractivity contribution in [3.05, 3.63) is 89.8 Å². The maximum Gasteiger partial charge on any atom is 0.490 e. The zero-order valence-corrected chi connectivity index (χ0v) is 21.0. The van der Waals surface area contributed by atoms with Gasteiger partial charge >= 0.3 is 12.1 Å². The average Bonchev–Trinajstić information content (AvgIpc) is 3.38. The number of carboxylic acids is 1. The van der Waals surface area contributed by atoms with Gasteiger partial charge in [0.25, 0.3) is 5.91 Å². The molecule has 3 aromatic rings. The first-order chi connectivity index (χ1) is 18.6. The Kier molecular flexibility index (Phi) is 8.51. The van der Waals surface area contributed by atoms with Gasteiger partial charge in [0.2, 0.25) is 0 Å². The molecular weight excluding hydrogens is 513 g/mol. The second-order valence-electron chi connectivity index (χ2n) is 9.59. The largest absolute Gasteiger partial charge is 0.490 e. The van der Waals surface area contributed by atoms with E-state index in [-0.39, 0.29) is 11.3 Å². The van der Waals surface area contributed by atoms with E-state index in [1.807, 2.05) is 12.1 Å². The third-order valence-electron chi connectivity index (χ3n) is 6.85. The number of H-pyrrole nitrogens is 1. The number of allylic oxidation sites excluding steroid dienone is 2. The monoisotopic (exact) mass is 542 g/mol. The summed E-state index contributed by atoms with van der Waals surface area (Å²) < 4.78 is 31.7. The van der Waals surface area contributed by atoms with E-state index < -0.39 is 18.1 Å². The number of aliphatic carboxylic acids is 1. The van der Waals surface area contributed by atoms with Crippen LogP contribution in [0, 0.1) is 0 Å². The molecular formula is C28H29F3N4O4. The van der Waals surface area contributed by atoms with Gasteiger partial charge in [-0.1, -0.05) is 61.1 Å². The lowest BCUT2D eigenvalue weighted by atomic mass is 9.78. The molecule has 5 rings (SSSR count). The number of aromatic amines is 1. The third-order valence-corrected chi connectivity index (χ3v) is 6.85. The van der Waals surface area contributed by atoms with Gasteiger partial charge in [-0.15, -0.1) is 0 Å². The normalized spacial score (nSPS) is 21.3. The number of benzene rings is 2. The molecule has 1 aliphatic carbocycles. The molecule has 11 heteroatoms. The van der Waals surface area contributed by atoms with Crippen molar-refractivity contribution in [2.75, 3.05) is 19.6 Å². The van der Waals surface area contributed by atoms with Gasteiger partial charge in [0.1, 0.15) is 5.82 Å². The van der Waals surface area contributed by atoms with Crippen molar-refractivity contribution in [1.82, 2.24) is 20.3 Å². The predicted octanol–water partition coefficient (Wildman–Crippen LogP) is 4.95. The number of rotatable bonds is 5. The molecule has 1 aromatic heterocycles. The molecule has 1 aliphatic heterocycles. The molecule has 8 nitrogen and oxygen atoms in total. The van der Waals surface area contributed by atoms with E-state index in [0.717, 1.165) is 36.5 Å². The van der Waals surface area contributed by atoms with Crippen LogP contribution in [0.3, 0.4) is 0 Å². The highest BCUT2D eigenvalue weighted by Gasteiger charge is 2.38. The second-order valence-corrected chi connectivity index (χ2v) is 9.59. The Labute approximate surface area is 222 Å². The molecule has 1 fully saturated rings. The summed E-state index contributed by atoms with van der Waals surface area (Å²) in [6.07, 6.45) is 7.81. The molecule has 1 amide bonds. The van der Waals surface area contributed by atoms with Gasteiger partial charge in [0.05, 0.1) is 16.4 Å². The van der Waals surface area contributed by atoms with E-state index in [4.69, 9.17) is 20.1 Å². The summed E-state index contributed by atoms with van der Waals surface area (Å²) in [5.74, 6) is -2.17. The fourth-order valence-corrected chi connectivity index (χ4v) is 4.83. The van der Waals surface area contributed by atoms with Gasteiger partial charge in [-0.05, 0) is 49.7 Å². The topological polar surface area (TPSA) is 119 Å². The Balaban J connectivity index is 0.000000448. The molecule has 0 saturated carbocycles. The zero-order chi connectivity index (χ0) is 28.0. The molecule has 2 heterocycles. The maximum atomic E-state index is 11.8. The van der Waals surface area contributed by atoms with Gasteiger partial charge in [0, 0.05) is 18.0 Å². The third kappa shape index (κ3) is 6.73. The molecule has 2 aromatic carbocycles. The number of carbonyl (C=O) groups excluding carboxylic acids is 1. The van der Waals surface area contributed by atoms with Gasteiger partial charge in [0.15, 0.2) is 0 Å². The Morgan fingerprint density at radius 1 is 1.05 bits per heavy atom. The number of hydroxylamine groups is 1. The Hall–Kier alpha value is -3.96.